The zero-order chi connectivity index (χ0) is 9.97. The second-order valence-corrected chi connectivity index (χ2v) is 3.89. The highest BCUT2D eigenvalue weighted by Crippen LogP contribution is 2.27. The van der Waals surface area contributed by atoms with Crippen LogP contribution in [0.1, 0.15) is 19.8 Å². The number of ether oxygens (including phenoxy) is 2. The second kappa shape index (κ2) is 4.28. The molecule has 0 aromatic carbocycles. The zero-order valence-corrected chi connectivity index (χ0v) is 8.57. The maximum Gasteiger partial charge on any atom is 0.307 e. The topological polar surface area (TPSA) is 38.8 Å². The zero-order valence-electron chi connectivity index (χ0n) is 8.57. The molecule has 4 nitrogen and oxygen atoms in total. The molecule has 2 bridgehead atoms. The third-order valence-corrected chi connectivity index (χ3v) is 2.92. The summed E-state index contributed by atoms with van der Waals surface area (Å²) in [6.45, 7) is 4.97. The van der Waals surface area contributed by atoms with E-state index in [1.165, 1.54) is 0 Å². The van der Waals surface area contributed by atoms with Gasteiger partial charge in [-0.15, -0.1) is 0 Å². The molecule has 2 atom stereocenters. The van der Waals surface area contributed by atoms with Gasteiger partial charge in [0.05, 0.1) is 25.7 Å². The van der Waals surface area contributed by atoms with Crippen molar-refractivity contribution in [2.75, 3.05) is 26.3 Å². The molecule has 14 heavy (non-hydrogen) atoms. The lowest BCUT2D eigenvalue weighted by Crippen LogP contribution is -2.38. The van der Waals surface area contributed by atoms with Gasteiger partial charge in [-0.1, -0.05) is 0 Å². The highest BCUT2D eigenvalue weighted by molar-refractivity contribution is 5.69. The number of carbonyl (C=O) groups excluding carboxylic acids is 1. The van der Waals surface area contributed by atoms with Crippen LogP contribution in [-0.2, 0) is 14.3 Å². The summed E-state index contributed by atoms with van der Waals surface area (Å²) >= 11 is 0. The van der Waals surface area contributed by atoms with Gasteiger partial charge in [0, 0.05) is 19.1 Å². The van der Waals surface area contributed by atoms with Crippen LogP contribution in [0.3, 0.4) is 0 Å². The highest BCUT2D eigenvalue weighted by atomic mass is 16.5. The van der Waals surface area contributed by atoms with E-state index in [1.807, 2.05) is 6.92 Å². The minimum absolute atomic E-state index is 0.0869. The lowest BCUT2D eigenvalue weighted by molar-refractivity contribution is -0.143. The molecule has 0 spiro atoms. The third kappa shape index (κ3) is 2.07. The summed E-state index contributed by atoms with van der Waals surface area (Å²) in [6, 6.07) is 0.550. The lowest BCUT2D eigenvalue weighted by atomic mass is 10.2. The van der Waals surface area contributed by atoms with Gasteiger partial charge in [0.15, 0.2) is 0 Å². The van der Waals surface area contributed by atoms with Crippen molar-refractivity contribution in [2.45, 2.75) is 31.9 Å². The van der Waals surface area contributed by atoms with E-state index in [0.29, 0.717) is 25.2 Å². The van der Waals surface area contributed by atoms with Crippen LogP contribution >= 0.6 is 0 Å². The first kappa shape index (κ1) is 9.93. The fraction of sp³-hybridized carbons (Fsp3) is 0.900. The summed E-state index contributed by atoms with van der Waals surface area (Å²) in [6.07, 6.45) is 2.07. The number of likely N-dealkylation sites (tertiary alicyclic amines) is 1. The molecule has 2 fully saturated rings. The number of carbonyl (C=O) groups is 1. The number of hydrogen-bond donors (Lipinski definition) is 0. The number of esters is 1. The van der Waals surface area contributed by atoms with Crippen LogP contribution in [0.25, 0.3) is 0 Å². The molecule has 2 rings (SSSR count). The van der Waals surface area contributed by atoms with Gasteiger partial charge in [0.1, 0.15) is 0 Å². The normalized spacial score (nSPS) is 30.9. The Morgan fingerprint density at radius 1 is 1.64 bits per heavy atom. The van der Waals surface area contributed by atoms with Gasteiger partial charge in [-0.3, -0.25) is 9.69 Å². The molecular weight excluding hydrogens is 182 g/mol. The van der Waals surface area contributed by atoms with Gasteiger partial charge >= 0.3 is 5.97 Å². The lowest BCUT2D eigenvalue weighted by Gasteiger charge is -2.25. The molecule has 4 heteroatoms. The maximum atomic E-state index is 11.1. The van der Waals surface area contributed by atoms with Crippen molar-refractivity contribution in [1.82, 2.24) is 4.90 Å². The van der Waals surface area contributed by atoms with Crippen molar-refractivity contribution < 1.29 is 14.3 Å². The van der Waals surface area contributed by atoms with Crippen molar-refractivity contribution >= 4 is 5.97 Å². The average Bonchev–Trinajstić information content (AvgIpc) is 2.76. The first-order valence-electron chi connectivity index (χ1n) is 5.31. The van der Waals surface area contributed by atoms with E-state index >= 15 is 0 Å². The largest absolute Gasteiger partial charge is 0.466 e. The molecule has 80 valence electrons. The molecule has 2 unspecified atom stereocenters. The number of nitrogens with zero attached hydrogens (tertiary/aromatic N) is 1. The summed E-state index contributed by atoms with van der Waals surface area (Å²) in [4.78, 5) is 13.5. The Morgan fingerprint density at radius 2 is 2.50 bits per heavy atom. The molecule has 0 aliphatic carbocycles. The molecule has 0 saturated carbocycles. The molecule has 2 aliphatic rings. The highest BCUT2D eigenvalue weighted by Gasteiger charge is 2.38. The van der Waals surface area contributed by atoms with Crippen LogP contribution in [0.5, 0.6) is 0 Å². The van der Waals surface area contributed by atoms with E-state index in [4.69, 9.17) is 9.47 Å². The van der Waals surface area contributed by atoms with Gasteiger partial charge in [-0.05, 0) is 13.3 Å². The van der Waals surface area contributed by atoms with Crippen molar-refractivity contribution in [2.24, 2.45) is 0 Å². The Balaban J connectivity index is 1.69. The van der Waals surface area contributed by atoms with E-state index in [0.717, 1.165) is 26.1 Å². The second-order valence-electron chi connectivity index (χ2n) is 3.89. The van der Waals surface area contributed by atoms with E-state index in [-0.39, 0.29) is 5.97 Å². The molecule has 0 aromatic heterocycles. The summed E-state index contributed by atoms with van der Waals surface area (Å²) in [5.41, 5.74) is 0. The van der Waals surface area contributed by atoms with Gasteiger partial charge in [-0.25, -0.2) is 0 Å². The van der Waals surface area contributed by atoms with Crippen molar-refractivity contribution in [3.63, 3.8) is 0 Å². The van der Waals surface area contributed by atoms with Gasteiger partial charge in [-0.2, -0.15) is 0 Å². The van der Waals surface area contributed by atoms with Crippen molar-refractivity contribution in [3.05, 3.63) is 0 Å². The summed E-state index contributed by atoms with van der Waals surface area (Å²) < 4.78 is 10.4. The number of hydrogen-bond acceptors (Lipinski definition) is 4. The predicted octanol–water partition coefficient (Wildman–Crippen LogP) is 0.413. The Morgan fingerprint density at radius 3 is 3.07 bits per heavy atom. The van der Waals surface area contributed by atoms with E-state index in [9.17, 15) is 4.79 Å². The summed E-state index contributed by atoms with van der Waals surface area (Å²) in [7, 11) is 0. The predicted molar refractivity (Wildman–Crippen MR) is 51.0 cm³/mol. The molecule has 2 heterocycles. The standard InChI is InChI=1S/C10H17NO3/c1-2-13-10(12)3-4-11-6-9-5-8(11)7-14-9/h8-9H,2-7H2,1H3. The van der Waals surface area contributed by atoms with Gasteiger partial charge < -0.3 is 9.47 Å². The fourth-order valence-electron chi connectivity index (χ4n) is 2.22. The molecule has 2 aliphatic heterocycles. The van der Waals surface area contributed by atoms with Crippen LogP contribution < -0.4 is 0 Å². The molecule has 0 radical (unpaired) electrons. The quantitative estimate of drug-likeness (QED) is 0.615. The van der Waals surface area contributed by atoms with Gasteiger partial charge in [0.25, 0.3) is 0 Å². The number of morpholine rings is 1. The van der Waals surface area contributed by atoms with Crippen LogP contribution in [0.15, 0.2) is 0 Å². The third-order valence-electron chi connectivity index (χ3n) is 2.92. The molecule has 0 amide bonds. The molecule has 0 N–H and O–H groups in total. The Labute approximate surface area is 84.2 Å². The Kier molecular flexibility index (Phi) is 3.03. The first-order valence-corrected chi connectivity index (χ1v) is 5.31. The number of fused-ring (bicyclic) bond motifs is 2. The van der Waals surface area contributed by atoms with Crippen molar-refractivity contribution in [1.29, 1.82) is 0 Å². The van der Waals surface area contributed by atoms with Crippen LogP contribution in [0, 0.1) is 0 Å². The average molecular weight is 199 g/mol. The van der Waals surface area contributed by atoms with E-state index < -0.39 is 0 Å². The maximum absolute atomic E-state index is 11.1. The Hall–Kier alpha value is -0.610. The van der Waals surface area contributed by atoms with Crippen LogP contribution in [0.2, 0.25) is 0 Å². The molecule has 0 aromatic rings. The summed E-state index contributed by atoms with van der Waals surface area (Å²) in [5, 5.41) is 0. The first-order chi connectivity index (χ1) is 6.79. The van der Waals surface area contributed by atoms with Gasteiger partial charge in [0.2, 0.25) is 0 Å². The van der Waals surface area contributed by atoms with Crippen LogP contribution in [0.4, 0.5) is 0 Å². The van der Waals surface area contributed by atoms with E-state index in [2.05, 4.69) is 4.90 Å². The SMILES string of the molecule is CCOC(=O)CCN1CC2CC1CO2. The van der Waals surface area contributed by atoms with E-state index in [1.54, 1.807) is 0 Å². The summed E-state index contributed by atoms with van der Waals surface area (Å²) in [5.74, 6) is -0.0869. The number of rotatable bonds is 4. The van der Waals surface area contributed by atoms with Crippen molar-refractivity contribution in [3.8, 4) is 0 Å². The van der Waals surface area contributed by atoms with Crippen LogP contribution in [-0.4, -0.2) is 49.3 Å². The minimum Gasteiger partial charge on any atom is -0.466 e. The monoisotopic (exact) mass is 199 g/mol. The Bertz CT molecular complexity index is 219. The smallest absolute Gasteiger partial charge is 0.307 e. The fourth-order valence-corrected chi connectivity index (χ4v) is 2.22. The molecule has 2 saturated heterocycles. The minimum atomic E-state index is -0.0869. The molecular formula is C10H17NO3.